The van der Waals surface area contributed by atoms with Gasteiger partial charge in [-0.05, 0) is 18.1 Å². The second-order valence-electron chi connectivity index (χ2n) is 5.94. The van der Waals surface area contributed by atoms with Crippen LogP contribution < -0.4 is 5.73 Å². The Morgan fingerprint density at radius 1 is 1.17 bits per heavy atom. The lowest BCUT2D eigenvalue weighted by molar-refractivity contribution is -0.140. The first-order chi connectivity index (χ1) is 11.1. The molecule has 120 valence electrons. The number of ether oxygens (including phenoxy) is 1. The fraction of sp³-hybridized carbons (Fsp3) is 0.316. The van der Waals surface area contributed by atoms with Crippen LogP contribution in [0.1, 0.15) is 28.8 Å². The van der Waals surface area contributed by atoms with Crippen molar-refractivity contribution < 1.29 is 9.53 Å². The van der Waals surface area contributed by atoms with Gasteiger partial charge in [0.15, 0.2) is 0 Å². The molecule has 2 aromatic carbocycles. The summed E-state index contributed by atoms with van der Waals surface area (Å²) in [4.78, 5) is 14.5. The van der Waals surface area contributed by atoms with Crippen LogP contribution in [0.4, 0.5) is 0 Å². The minimum atomic E-state index is -0.620. The van der Waals surface area contributed by atoms with Crippen LogP contribution in [0.15, 0.2) is 54.6 Å². The van der Waals surface area contributed by atoms with E-state index in [9.17, 15) is 4.79 Å². The minimum absolute atomic E-state index is 0.0434. The molecule has 0 spiro atoms. The molecule has 2 atom stereocenters. The Labute approximate surface area is 136 Å². The molecule has 1 aliphatic heterocycles. The molecular formula is C19H22N2O2. The van der Waals surface area contributed by atoms with E-state index in [1.54, 1.807) is 0 Å². The van der Waals surface area contributed by atoms with Gasteiger partial charge >= 0.3 is 0 Å². The van der Waals surface area contributed by atoms with Crippen molar-refractivity contribution in [3.8, 4) is 0 Å². The average Bonchev–Trinajstić information content (AvgIpc) is 2.62. The van der Waals surface area contributed by atoms with Crippen molar-refractivity contribution in [3.05, 3.63) is 71.3 Å². The number of morpholine rings is 1. The van der Waals surface area contributed by atoms with Gasteiger partial charge in [0.05, 0.1) is 13.2 Å². The summed E-state index contributed by atoms with van der Waals surface area (Å²) in [6, 6.07) is 17.2. The van der Waals surface area contributed by atoms with E-state index in [-0.39, 0.29) is 12.0 Å². The molecular weight excluding hydrogens is 288 g/mol. The van der Waals surface area contributed by atoms with Crippen LogP contribution >= 0.6 is 0 Å². The Morgan fingerprint density at radius 3 is 2.57 bits per heavy atom. The van der Waals surface area contributed by atoms with Gasteiger partial charge in [-0.2, -0.15) is 0 Å². The lowest BCUT2D eigenvalue weighted by Gasteiger charge is -2.34. The molecule has 2 aromatic rings. The van der Waals surface area contributed by atoms with Crippen LogP contribution in [0.25, 0.3) is 0 Å². The molecule has 0 aliphatic carbocycles. The highest BCUT2D eigenvalue weighted by Crippen LogP contribution is 2.24. The number of carbonyl (C=O) groups is 1. The van der Waals surface area contributed by atoms with Crippen LogP contribution in [0.3, 0.4) is 0 Å². The van der Waals surface area contributed by atoms with E-state index in [4.69, 9.17) is 10.5 Å². The Morgan fingerprint density at radius 2 is 1.87 bits per heavy atom. The van der Waals surface area contributed by atoms with Crippen molar-refractivity contribution in [3.63, 3.8) is 0 Å². The molecule has 23 heavy (non-hydrogen) atoms. The van der Waals surface area contributed by atoms with Crippen LogP contribution in [-0.2, 0) is 9.53 Å². The van der Waals surface area contributed by atoms with Crippen LogP contribution in [0, 0.1) is 6.92 Å². The third-order valence-corrected chi connectivity index (χ3v) is 4.25. The number of hydrogen-bond acceptors (Lipinski definition) is 3. The van der Waals surface area contributed by atoms with Crippen molar-refractivity contribution in [1.82, 2.24) is 4.90 Å². The monoisotopic (exact) mass is 310 g/mol. The molecule has 2 unspecified atom stereocenters. The quantitative estimate of drug-likeness (QED) is 0.948. The molecule has 1 saturated heterocycles. The summed E-state index contributed by atoms with van der Waals surface area (Å²) in [6.07, 6.45) is -0.0842. The van der Waals surface area contributed by atoms with Gasteiger partial charge in [0.1, 0.15) is 12.1 Å². The highest BCUT2D eigenvalue weighted by molar-refractivity contribution is 5.83. The number of amides is 1. The normalized spacial score (nSPS) is 19.4. The van der Waals surface area contributed by atoms with E-state index in [1.807, 2.05) is 66.4 Å². The van der Waals surface area contributed by atoms with Gasteiger partial charge in [-0.25, -0.2) is 0 Å². The number of aryl methyl sites for hydroxylation is 1. The average molecular weight is 310 g/mol. The summed E-state index contributed by atoms with van der Waals surface area (Å²) in [5, 5.41) is 0. The van der Waals surface area contributed by atoms with Gasteiger partial charge in [0.2, 0.25) is 5.91 Å². The smallest absolute Gasteiger partial charge is 0.244 e. The molecule has 0 radical (unpaired) electrons. The molecule has 0 saturated carbocycles. The third kappa shape index (κ3) is 3.60. The van der Waals surface area contributed by atoms with Gasteiger partial charge in [0, 0.05) is 6.54 Å². The second kappa shape index (κ2) is 6.94. The summed E-state index contributed by atoms with van der Waals surface area (Å²) < 4.78 is 5.81. The molecule has 1 amide bonds. The van der Waals surface area contributed by atoms with Crippen molar-refractivity contribution in [1.29, 1.82) is 0 Å². The Kier molecular flexibility index (Phi) is 4.74. The number of carbonyl (C=O) groups excluding carboxylic acids is 1. The SMILES string of the molecule is Cc1ccc(C(N)C(=O)N2CCOC(c3ccccc3)C2)cc1. The number of nitrogens with two attached hydrogens (primary N) is 1. The summed E-state index contributed by atoms with van der Waals surface area (Å²) in [7, 11) is 0. The minimum Gasteiger partial charge on any atom is -0.370 e. The predicted octanol–water partition coefficient (Wildman–Crippen LogP) is 2.59. The molecule has 1 aliphatic rings. The Bertz CT molecular complexity index is 655. The first-order valence-corrected chi connectivity index (χ1v) is 7.92. The molecule has 0 bridgehead atoms. The lowest BCUT2D eigenvalue weighted by Crippen LogP contribution is -2.46. The molecule has 2 N–H and O–H groups in total. The van der Waals surface area contributed by atoms with Crippen LogP contribution in [-0.4, -0.2) is 30.5 Å². The van der Waals surface area contributed by atoms with Crippen molar-refractivity contribution in [2.45, 2.75) is 19.1 Å². The van der Waals surface area contributed by atoms with Crippen LogP contribution in [0.5, 0.6) is 0 Å². The second-order valence-corrected chi connectivity index (χ2v) is 5.94. The molecule has 4 nitrogen and oxygen atoms in total. The number of hydrogen-bond donors (Lipinski definition) is 1. The molecule has 4 heteroatoms. The maximum Gasteiger partial charge on any atom is 0.244 e. The third-order valence-electron chi connectivity index (χ3n) is 4.25. The van der Waals surface area contributed by atoms with E-state index in [0.29, 0.717) is 19.7 Å². The largest absolute Gasteiger partial charge is 0.370 e. The highest BCUT2D eigenvalue weighted by Gasteiger charge is 2.28. The maximum atomic E-state index is 12.7. The zero-order valence-electron chi connectivity index (χ0n) is 13.3. The summed E-state index contributed by atoms with van der Waals surface area (Å²) >= 11 is 0. The van der Waals surface area contributed by atoms with Crippen molar-refractivity contribution >= 4 is 5.91 Å². The molecule has 3 rings (SSSR count). The van der Waals surface area contributed by atoms with Gasteiger partial charge in [-0.3, -0.25) is 4.79 Å². The van der Waals surface area contributed by atoms with E-state index in [1.165, 1.54) is 0 Å². The van der Waals surface area contributed by atoms with Crippen LogP contribution in [0.2, 0.25) is 0 Å². The summed E-state index contributed by atoms with van der Waals surface area (Å²) in [5.41, 5.74) is 9.27. The number of rotatable bonds is 3. The van der Waals surface area contributed by atoms with Gasteiger partial charge < -0.3 is 15.4 Å². The van der Waals surface area contributed by atoms with E-state index < -0.39 is 6.04 Å². The van der Waals surface area contributed by atoms with Gasteiger partial charge in [-0.1, -0.05) is 60.2 Å². The Balaban J connectivity index is 1.70. The number of benzene rings is 2. The van der Waals surface area contributed by atoms with Crippen molar-refractivity contribution in [2.75, 3.05) is 19.7 Å². The maximum absolute atomic E-state index is 12.7. The predicted molar refractivity (Wildman–Crippen MR) is 89.8 cm³/mol. The Hall–Kier alpha value is -2.17. The van der Waals surface area contributed by atoms with Crippen molar-refractivity contribution in [2.24, 2.45) is 5.73 Å². The number of nitrogens with zero attached hydrogens (tertiary/aromatic N) is 1. The van der Waals surface area contributed by atoms with Gasteiger partial charge in [-0.15, -0.1) is 0 Å². The van der Waals surface area contributed by atoms with E-state index >= 15 is 0 Å². The van der Waals surface area contributed by atoms with E-state index in [0.717, 1.165) is 16.7 Å². The summed E-state index contributed by atoms with van der Waals surface area (Å²) in [6.45, 7) is 3.68. The standard InChI is InChI=1S/C19H22N2O2/c1-14-7-9-16(10-8-14)18(20)19(22)21-11-12-23-17(13-21)15-5-3-2-4-6-15/h2-10,17-18H,11-13,20H2,1H3. The van der Waals surface area contributed by atoms with E-state index in [2.05, 4.69) is 0 Å². The fourth-order valence-electron chi connectivity index (χ4n) is 2.83. The zero-order chi connectivity index (χ0) is 16.2. The molecule has 0 aromatic heterocycles. The van der Waals surface area contributed by atoms with Gasteiger partial charge in [0.25, 0.3) is 0 Å². The highest BCUT2D eigenvalue weighted by atomic mass is 16.5. The topological polar surface area (TPSA) is 55.6 Å². The fourth-order valence-corrected chi connectivity index (χ4v) is 2.83. The molecule has 1 heterocycles. The first-order valence-electron chi connectivity index (χ1n) is 7.92. The zero-order valence-corrected chi connectivity index (χ0v) is 13.3. The lowest BCUT2D eigenvalue weighted by atomic mass is 10.0. The summed E-state index contributed by atoms with van der Waals surface area (Å²) in [5.74, 6) is -0.0434. The molecule has 1 fully saturated rings. The first kappa shape index (κ1) is 15.7.